The molecule has 2 aromatic heterocycles. The number of hydrogen-bond acceptors (Lipinski definition) is 4. The van der Waals surface area contributed by atoms with E-state index in [1.54, 1.807) is 10.6 Å². The van der Waals surface area contributed by atoms with Crippen molar-refractivity contribution in [2.45, 2.75) is 44.1 Å². The molecule has 2 aromatic rings. The molecule has 3 rings (SSSR count). The zero-order valence-corrected chi connectivity index (χ0v) is 12.5. The lowest BCUT2D eigenvalue weighted by Crippen LogP contribution is -2.44. The molecule has 0 atom stereocenters. The Bertz CT molecular complexity index is 646. The Kier molecular flexibility index (Phi) is 4.24. The fourth-order valence-corrected chi connectivity index (χ4v) is 2.88. The molecule has 0 aromatic carbocycles. The number of pyridine rings is 1. The summed E-state index contributed by atoms with van der Waals surface area (Å²) < 4.78 is 1.69. The summed E-state index contributed by atoms with van der Waals surface area (Å²) in [5, 5.41) is 23.8. The van der Waals surface area contributed by atoms with Gasteiger partial charge in [0.05, 0.1) is 5.60 Å². The Balaban J connectivity index is 1.58. The highest BCUT2D eigenvalue weighted by Crippen LogP contribution is 2.26. The Labute approximate surface area is 128 Å². The summed E-state index contributed by atoms with van der Waals surface area (Å²) in [7, 11) is 0. The number of amides is 2. The highest BCUT2D eigenvalue weighted by atomic mass is 16.3. The molecule has 2 heterocycles. The third kappa shape index (κ3) is 3.36. The van der Waals surface area contributed by atoms with Gasteiger partial charge in [0.1, 0.15) is 0 Å². The van der Waals surface area contributed by atoms with Crippen LogP contribution in [0.3, 0.4) is 0 Å². The van der Waals surface area contributed by atoms with Gasteiger partial charge in [0.2, 0.25) is 5.95 Å². The number of anilines is 1. The van der Waals surface area contributed by atoms with E-state index in [0.717, 1.165) is 38.5 Å². The van der Waals surface area contributed by atoms with Crippen LogP contribution < -0.4 is 10.6 Å². The highest BCUT2D eigenvalue weighted by molar-refractivity contribution is 5.87. The van der Waals surface area contributed by atoms with Gasteiger partial charge in [0.15, 0.2) is 5.65 Å². The van der Waals surface area contributed by atoms with Crippen molar-refractivity contribution in [1.29, 1.82) is 0 Å². The van der Waals surface area contributed by atoms with Crippen LogP contribution in [0.5, 0.6) is 0 Å². The van der Waals surface area contributed by atoms with E-state index in [-0.39, 0.29) is 12.6 Å². The van der Waals surface area contributed by atoms with Gasteiger partial charge < -0.3 is 10.4 Å². The normalized spacial score (nSPS) is 17.9. The number of hydrogen-bond donors (Lipinski definition) is 3. The molecule has 0 bridgehead atoms. The average Bonchev–Trinajstić information content (AvgIpc) is 2.79. The molecule has 118 valence electrons. The van der Waals surface area contributed by atoms with E-state index >= 15 is 0 Å². The van der Waals surface area contributed by atoms with E-state index in [4.69, 9.17) is 0 Å². The third-order valence-electron chi connectivity index (χ3n) is 4.15. The molecule has 0 radical (unpaired) electrons. The van der Waals surface area contributed by atoms with Gasteiger partial charge in [-0.3, -0.25) is 9.72 Å². The Morgan fingerprint density at radius 2 is 2.00 bits per heavy atom. The lowest BCUT2D eigenvalue weighted by atomic mass is 9.95. The van der Waals surface area contributed by atoms with Gasteiger partial charge in [-0.05, 0) is 25.0 Å². The van der Waals surface area contributed by atoms with Crippen LogP contribution in [0.2, 0.25) is 0 Å². The van der Waals surface area contributed by atoms with Gasteiger partial charge >= 0.3 is 6.03 Å². The molecule has 7 nitrogen and oxygen atoms in total. The minimum atomic E-state index is -0.791. The largest absolute Gasteiger partial charge is 0.388 e. The number of rotatable bonds is 3. The summed E-state index contributed by atoms with van der Waals surface area (Å²) in [6.45, 7) is 0.259. The van der Waals surface area contributed by atoms with E-state index in [1.807, 2.05) is 18.2 Å². The first-order valence-corrected chi connectivity index (χ1v) is 7.73. The van der Waals surface area contributed by atoms with Crippen LogP contribution in [0.4, 0.5) is 10.7 Å². The molecule has 1 aliphatic rings. The number of nitrogens with zero attached hydrogens (tertiary/aromatic N) is 3. The van der Waals surface area contributed by atoms with Gasteiger partial charge in [0, 0.05) is 12.7 Å². The molecule has 2 amide bonds. The van der Waals surface area contributed by atoms with E-state index in [1.165, 1.54) is 0 Å². The number of aliphatic hydroxyl groups is 1. The summed E-state index contributed by atoms with van der Waals surface area (Å²) in [5.41, 5.74) is -0.124. The van der Waals surface area contributed by atoms with Crippen molar-refractivity contribution >= 4 is 17.6 Å². The zero-order valence-electron chi connectivity index (χ0n) is 12.5. The standard InChI is InChI=1S/C15H21N5O2/c21-14(16-11-15(22)8-4-1-2-5-9-15)17-13-19-18-12-7-3-6-10-20(12)13/h3,6-7,10,22H,1-2,4-5,8-9,11H2,(H2,16,17,19,21). The molecule has 0 saturated heterocycles. The second kappa shape index (κ2) is 6.31. The number of carbonyl (C=O) groups is 1. The summed E-state index contributed by atoms with van der Waals surface area (Å²) in [5.74, 6) is 0.362. The Hall–Kier alpha value is -2.15. The van der Waals surface area contributed by atoms with Crippen molar-refractivity contribution in [3.63, 3.8) is 0 Å². The van der Waals surface area contributed by atoms with Crippen molar-refractivity contribution in [1.82, 2.24) is 19.9 Å². The summed E-state index contributed by atoms with van der Waals surface area (Å²) in [6, 6.07) is 5.13. The van der Waals surface area contributed by atoms with Crippen molar-refractivity contribution < 1.29 is 9.90 Å². The van der Waals surface area contributed by atoms with Crippen LogP contribution in [0.25, 0.3) is 5.65 Å². The molecule has 1 fully saturated rings. The van der Waals surface area contributed by atoms with Gasteiger partial charge in [-0.1, -0.05) is 31.7 Å². The van der Waals surface area contributed by atoms with Crippen molar-refractivity contribution in [3.8, 4) is 0 Å². The molecule has 1 saturated carbocycles. The number of aromatic nitrogens is 3. The smallest absolute Gasteiger partial charge is 0.321 e. The predicted octanol–water partition coefficient (Wildman–Crippen LogP) is 1.94. The van der Waals surface area contributed by atoms with Gasteiger partial charge in [-0.15, -0.1) is 10.2 Å². The number of urea groups is 1. The van der Waals surface area contributed by atoms with Crippen LogP contribution in [-0.2, 0) is 0 Å². The molecule has 0 unspecified atom stereocenters. The van der Waals surface area contributed by atoms with E-state index in [0.29, 0.717) is 11.6 Å². The van der Waals surface area contributed by atoms with Crippen LogP contribution in [-0.4, -0.2) is 37.9 Å². The van der Waals surface area contributed by atoms with Crippen molar-refractivity contribution in [3.05, 3.63) is 24.4 Å². The minimum Gasteiger partial charge on any atom is -0.388 e. The maximum Gasteiger partial charge on any atom is 0.321 e. The van der Waals surface area contributed by atoms with Crippen molar-refractivity contribution in [2.24, 2.45) is 0 Å². The maximum atomic E-state index is 12.0. The topological polar surface area (TPSA) is 91.5 Å². The molecular formula is C15H21N5O2. The van der Waals surface area contributed by atoms with Gasteiger partial charge in [-0.2, -0.15) is 0 Å². The molecule has 22 heavy (non-hydrogen) atoms. The summed E-state index contributed by atoms with van der Waals surface area (Å²) in [4.78, 5) is 12.0. The lowest BCUT2D eigenvalue weighted by molar-refractivity contribution is 0.0281. The molecular weight excluding hydrogens is 282 g/mol. The van der Waals surface area contributed by atoms with Crippen LogP contribution in [0, 0.1) is 0 Å². The Morgan fingerprint density at radius 3 is 2.77 bits per heavy atom. The first kappa shape index (κ1) is 14.8. The molecule has 0 aliphatic heterocycles. The first-order valence-electron chi connectivity index (χ1n) is 7.73. The maximum absolute atomic E-state index is 12.0. The van der Waals surface area contributed by atoms with E-state index < -0.39 is 5.60 Å². The number of nitrogens with one attached hydrogen (secondary N) is 2. The van der Waals surface area contributed by atoms with E-state index in [9.17, 15) is 9.90 Å². The van der Waals surface area contributed by atoms with Gasteiger partial charge in [-0.25, -0.2) is 4.79 Å². The lowest BCUT2D eigenvalue weighted by Gasteiger charge is -2.26. The monoisotopic (exact) mass is 303 g/mol. The van der Waals surface area contributed by atoms with Crippen LogP contribution in [0.15, 0.2) is 24.4 Å². The van der Waals surface area contributed by atoms with Gasteiger partial charge in [0.25, 0.3) is 0 Å². The SMILES string of the molecule is O=C(NCC1(O)CCCCCC1)Nc1nnc2ccccn12. The first-order chi connectivity index (χ1) is 10.7. The van der Waals surface area contributed by atoms with Crippen LogP contribution in [0.1, 0.15) is 38.5 Å². The quantitative estimate of drug-likeness (QED) is 0.756. The molecule has 0 spiro atoms. The average molecular weight is 303 g/mol. The van der Waals surface area contributed by atoms with E-state index in [2.05, 4.69) is 20.8 Å². The number of fused-ring (bicyclic) bond motifs is 1. The Morgan fingerprint density at radius 1 is 1.23 bits per heavy atom. The van der Waals surface area contributed by atoms with Crippen LogP contribution >= 0.6 is 0 Å². The van der Waals surface area contributed by atoms with Crippen molar-refractivity contribution in [2.75, 3.05) is 11.9 Å². The molecule has 7 heteroatoms. The number of carbonyl (C=O) groups excluding carboxylic acids is 1. The highest BCUT2D eigenvalue weighted by Gasteiger charge is 2.28. The molecule has 1 aliphatic carbocycles. The fraction of sp³-hybridized carbons (Fsp3) is 0.533. The molecule has 3 N–H and O–H groups in total. The summed E-state index contributed by atoms with van der Waals surface area (Å²) in [6.07, 6.45) is 7.58. The summed E-state index contributed by atoms with van der Waals surface area (Å²) >= 11 is 0. The predicted molar refractivity (Wildman–Crippen MR) is 82.7 cm³/mol. The third-order valence-corrected chi connectivity index (χ3v) is 4.15. The fourth-order valence-electron chi connectivity index (χ4n) is 2.88. The zero-order chi connectivity index (χ0) is 15.4. The minimum absolute atomic E-state index is 0.259. The second-order valence-electron chi connectivity index (χ2n) is 5.90. The second-order valence-corrected chi connectivity index (χ2v) is 5.90.